The van der Waals surface area contributed by atoms with Gasteiger partial charge in [-0.05, 0) is 68.9 Å². The van der Waals surface area contributed by atoms with Crippen LogP contribution in [0.1, 0.15) is 20.9 Å². The molecule has 8 heteroatoms. The number of amides is 2. The lowest BCUT2D eigenvalue weighted by Gasteiger charge is -2.08. The average molecular weight is 465 g/mol. The molecule has 2 amide bonds. The van der Waals surface area contributed by atoms with Crippen LogP contribution >= 0.6 is 38.5 Å². The summed E-state index contributed by atoms with van der Waals surface area (Å²) in [7, 11) is 1.55. The van der Waals surface area contributed by atoms with Gasteiger partial charge in [0.05, 0.1) is 10.7 Å². The van der Waals surface area contributed by atoms with Crippen molar-refractivity contribution in [2.24, 2.45) is 0 Å². The molecule has 0 bridgehead atoms. The SMILES string of the molecule is COc1ccc(C(=O)NNC(=O)c2ccc(Br)o2)cc1I. The molecule has 0 aliphatic heterocycles. The summed E-state index contributed by atoms with van der Waals surface area (Å²) in [5.41, 5.74) is 4.99. The molecule has 1 aromatic heterocycles. The summed E-state index contributed by atoms with van der Waals surface area (Å²) >= 11 is 5.15. The average Bonchev–Trinajstić information content (AvgIpc) is 2.91. The molecular weight excluding hydrogens is 455 g/mol. The molecule has 0 radical (unpaired) electrons. The van der Waals surface area contributed by atoms with Crippen molar-refractivity contribution in [2.45, 2.75) is 0 Å². The lowest BCUT2D eigenvalue weighted by Crippen LogP contribution is -2.41. The molecule has 2 aromatic rings. The predicted octanol–water partition coefficient (Wildman–Crippen LogP) is 2.73. The zero-order valence-corrected chi connectivity index (χ0v) is 14.5. The van der Waals surface area contributed by atoms with Gasteiger partial charge in [0, 0.05) is 5.56 Å². The second-order valence-corrected chi connectivity index (χ2v) is 5.81. The van der Waals surface area contributed by atoms with Gasteiger partial charge in [-0.2, -0.15) is 0 Å². The predicted molar refractivity (Wildman–Crippen MR) is 87.1 cm³/mol. The highest BCUT2D eigenvalue weighted by atomic mass is 127. The Hall–Kier alpha value is -1.55. The summed E-state index contributed by atoms with van der Waals surface area (Å²) in [5, 5.41) is 0. The van der Waals surface area contributed by atoms with E-state index in [2.05, 4.69) is 49.4 Å². The smallest absolute Gasteiger partial charge is 0.305 e. The Morgan fingerprint density at radius 2 is 1.90 bits per heavy atom. The van der Waals surface area contributed by atoms with Crippen LogP contribution in [0.3, 0.4) is 0 Å². The summed E-state index contributed by atoms with van der Waals surface area (Å²) in [6, 6.07) is 8.02. The molecule has 0 saturated carbocycles. The zero-order chi connectivity index (χ0) is 15.4. The lowest BCUT2D eigenvalue weighted by molar-refractivity contribution is 0.0830. The number of carbonyl (C=O) groups is 2. The van der Waals surface area contributed by atoms with Crippen LogP contribution in [0, 0.1) is 3.57 Å². The maximum atomic E-state index is 11.9. The molecule has 2 rings (SSSR count). The first-order chi connectivity index (χ1) is 10.0. The molecule has 1 aromatic carbocycles. The van der Waals surface area contributed by atoms with Gasteiger partial charge in [-0.25, -0.2) is 0 Å². The van der Waals surface area contributed by atoms with Crippen LogP contribution in [-0.4, -0.2) is 18.9 Å². The summed E-state index contributed by atoms with van der Waals surface area (Å²) < 4.78 is 11.4. The number of ether oxygens (including phenoxy) is 1. The Morgan fingerprint density at radius 3 is 2.48 bits per heavy atom. The second kappa shape index (κ2) is 6.94. The molecule has 0 aliphatic carbocycles. The van der Waals surface area contributed by atoms with Gasteiger partial charge < -0.3 is 9.15 Å². The Balaban J connectivity index is 1.98. The molecule has 0 fully saturated rings. The quantitative estimate of drug-likeness (QED) is 0.540. The summed E-state index contributed by atoms with van der Waals surface area (Å²) in [6.07, 6.45) is 0. The fourth-order valence-electron chi connectivity index (χ4n) is 1.49. The van der Waals surface area contributed by atoms with E-state index in [4.69, 9.17) is 9.15 Å². The van der Waals surface area contributed by atoms with Crippen molar-refractivity contribution in [1.82, 2.24) is 10.9 Å². The first-order valence-corrected chi connectivity index (χ1v) is 7.58. The van der Waals surface area contributed by atoms with E-state index in [0.29, 0.717) is 16.0 Å². The second-order valence-electron chi connectivity index (χ2n) is 3.86. The van der Waals surface area contributed by atoms with Gasteiger partial charge in [0.1, 0.15) is 5.75 Å². The molecule has 0 spiro atoms. The van der Waals surface area contributed by atoms with Gasteiger partial charge in [0.15, 0.2) is 10.4 Å². The van der Waals surface area contributed by atoms with E-state index < -0.39 is 11.8 Å². The third kappa shape index (κ3) is 3.97. The molecule has 110 valence electrons. The first-order valence-electron chi connectivity index (χ1n) is 5.71. The number of benzene rings is 1. The highest BCUT2D eigenvalue weighted by molar-refractivity contribution is 14.1. The number of furan rings is 1. The van der Waals surface area contributed by atoms with E-state index in [1.54, 1.807) is 31.4 Å². The zero-order valence-electron chi connectivity index (χ0n) is 10.8. The monoisotopic (exact) mass is 464 g/mol. The molecular formula is C13H10BrIN2O4. The molecule has 2 N–H and O–H groups in total. The van der Waals surface area contributed by atoms with Crippen molar-refractivity contribution >= 4 is 50.3 Å². The number of carbonyl (C=O) groups excluding carboxylic acids is 2. The van der Waals surface area contributed by atoms with Crippen LogP contribution in [0.4, 0.5) is 0 Å². The topological polar surface area (TPSA) is 80.6 Å². The standard InChI is InChI=1S/C13H10BrIN2O4/c1-20-9-3-2-7(6-8(9)15)12(18)16-17-13(19)10-4-5-11(14)21-10/h2-6H,1H3,(H,16,18)(H,17,19). The van der Waals surface area contributed by atoms with Crippen molar-refractivity contribution in [3.63, 3.8) is 0 Å². The highest BCUT2D eigenvalue weighted by Gasteiger charge is 2.13. The largest absolute Gasteiger partial charge is 0.496 e. The van der Waals surface area contributed by atoms with Gasteiger partial charge >= 0.3 is 5.91 Å². The number of rotatable bonds is 3. The van der Waals surface area contributed by atoms with E-state index in [-0.39, 0.29) is 5.76 Å². The van der Waals surface area contributed by atoms with Crippen LogP contribution in [0.25, 0.3) is 0 Å². The van der Waals surface area contributed by atoms with Gasteiger partial charge in [0.2, 0.25) is 0 Å². The van der Waals surface area contributed by atoms with Crippen molar-refractivity contribution in [3.05, 3.63) is 49.9 Å². The number of hydrazine groups is 1. The molecule has 6 nitrogen and oxygen atoms in total. The molecule has 0 atom stereocenters. The normalized spacial score (nSPS) is 10.0. The van der Waals surface area contributed by atoms with Crippen LogP contribution in [0.2, 0.25) is 0 Å². The first kappa shape index (κ1) is 15.8. The Labute approximate surface area is 142 Å². The number of nitrogens with one attached hydrogen (secondary N) is 2. The summed E-state index contributed by atoms with van der Waals surface area (Å²) in [5.74, 6) is -0.213. The maximum absolute atomic E-state index is 11.9. The van der Waals surface area contributed by atoms with E-state index >= 15 is 0 Å². The van der Waals surface area contributed by atoms with Gasteiger partial charge in [-0.3, -0.25) is 20.4 Å². The van der Waals surface area contributed by atoms with Crippen molar-refractivity contribution in [3.8, 4) is 5.75 Å². The van der Waals surface area contributed by atoms with Crippen LogP contribution in [0.5, 0.6) is 5.75 Å². The van der Waals surface area contributed by atoms with E-state index in [9.17, 15) is 9.59 Å². The van der Waals surface area contributed by atoms with Crippen LogP contribution < -0.4 is 15.6 Å². The van der Waals surface area contributed by atoms with E-state index in [1.807, 2.05) is 0 Å². The van der Waals surface area contributed by atoms with Crippen LogP contribution in [0.15, 0.2) is 39.4 Å². The van der Waals surface area contributed by atoms with Crippen molar-refractivity contribution in [1.29, 1.82) is 0 Å². The minimum absolute atomic E-state index is 0.0893. The molecule has 0 aliphatic rings. The number of methoxy groups -OCH3 is 1. The third-order valence-corrected chi connectivity index (χ3v) is 3.77. The van der Waals surface area contributed by atoms with E-state index in [0.717, 1.165) is 3.57 Å². The number of halogens is 2. The van der Waals surface area contributed by atoms with Crippen molar-refractivity contribution < 1.29 is 18.7 Å². The fourth-order valence-corrected chi connectivity index (χ4v) is 2.53. The van der Waals surface area contributed by atoms with E-state index in [1.165, 1.54) is 6.07 Å². The Morgan fingerprint density at radius 1 is 1.19 bits per heavy atom. The summed E-state index contributed by atoms with van der Waals surface area (Å²) in [4.78, 5) is 23.6. The molecule has 1 heterocycles. The third-order valence-electron chi connectivity index (χ3n) is 2.50. The number of hydrogen-bond donors (Lipinski definition) is 2. The Kier molecular flexibility index (Phi) is 5.23. The number of hydrogen-bond acceptors (Lipinski definition) is 4. The lowest BCUT2D eigenvalue weighted by atomic mass is 10.2. The van der Waals surface area contributed by atoms with Crippen molar-refractivity contribution in [2.75, 3.05) is 7.11 Å². The fraction of sp³-hybridized carbons (Fsp3) is 0.0769. The summed E-state index contributed by atoms with van der Waals surface area (Å²) in [6.45, 7) is 0. The molecule has 21 heavy (non-hydrogen) atoms. The van der Waals surface area contributed by atoms with Gasteiger partial charge in [-0.15, -0.1) is 0 Å². The highest BCUT2D eigenvalue weighted by Crippen LogP contribution is 2.21. The minimum atomic E-state index is -0.544. The van der Waals surface area contributed by atoms with Gasteiger partial charge in [0.25, 0.3) is 5.91 Å². The minimum Gasteiger partial charge on any atom is -0.496 e. The van der Waals surface area contributed by atoms with Crippen LogP contribution in [-0.2, 0) is 0 Å². The van der Waals surface area contributed by atoms with Gasteiger partial charge in [-0.1, -0.05) is 0 Å². The maximum Gasteiger partial charge on any atom is 0.305 e. The molecule has 0 saturated heterocycles. The molecule has 0 unspecified atom stereocenters. The Bertz CT molecular complexity index is 687.